The van der Waals surface area contributed by atoms with E-state index < -0.39 is 6.10 Å². The molecule has 4 heterocycles. The van der Waals surface area contributed by atoms with Gasteiger partial charge in [-0.25, -0.2) is 9.78 Å². The summed E-state index contributed by atoms with van der Waals surface area (Å²) in [7, 11) is 0. The molecule has 1 spiro atoms. The number of pyridine rings is 1. The molecule has 8 nitrogen and oxygen atoms in total. The van der Waals surface area contributed by atoms with E-state index in [4.69, 9.17) is 10.00 Å². The van der Waals surface area contributed by atoms with Gasteiger partial charge in [-0.15, -0.1) is 0 Å². The van der Waals surface area contributed by atoms with Gasteiger partial charge >= 0.3 is 5.97 Å². The Hall–Kier alpha value is -3.28. The smallest absolute Gasteiger partial charge is 0.338 e. The predicted octanol–water partition coefficient (Wildman–Crippen LogP) is 2.48. The van der Waals surface area contributed by atoms with E-state index in [0.717, 1.165) is 42.6 Å². The molecule has 170 valence electrons. The second-order valence-corrected chi connectivity index (χ2v) is 9.37. The molecule has 1 aromatic carbocycles. The van der Waals surface area contributed by atoms with E-state index >= 15 is 0 Å². The van der Waals surface area contributed by atoms with E-state index in [9.17, 15) is 14.7 Å². The van der Waals surface area contributed by atoms with Gasteiger partial charge in [-0.05, 0) is 67.6 Å². The van der Waals surface area contributed by atoms with Crippen molar-refractivity contribution in [1.29, 1.82) is 5.26 Å². The predicted molar refractivity (Wildman–Crippen MR) is 119 cm³/mol. The third-order valence-electron chi connectivity index (χ3n) is 7.39. The number of rotatable bonds is 4. The quantitative estimate of drug-likeness (QED) is 0.719. The number of carbonyl (C=O) groups is 2. The van der Waals surface area contributed by atoms with Crippen LogP contribution in [-0.4, -0.2) is 53.0 Å². The van der Waals surface area contributed by atoms with Crippen LogP contribution in [0.25, 0.3) is 0 Å². The van der Waals surface area contributed by atoms with Gasteiger partial charge in [0.25, 0.3) is 0 Å². The summed E-state index contributed by atoms with van der Waals surface area (Å²) in [5.74, 6) is 0.376. The zero-order chi connectivity index (χ0) is 23.2. The number of aliphatic hydroxyl groups is 1. The number of likely N-dealkylation sites (tertiary alicyclic amines) is 1. The third-order valence-corrected chi connectivity index (χ3v) is 7.39. The zero-order valence-corrected chi connectivity index (χ0v) is 18.6. The molecule has 0 saturated carbocycles. The normalized spacial score (nSPS) is 20.6. The van der Waals surface area contributed by atoms with Crippen LogP contribution >= 0.6 is 0 Å². The second kappa shape index (κ2) is 8.25. The maximum Gasteiger partial charge on any atom is 0.338 e. The summed E-state index contributed by atoms with van der Waals surface area (Å²) >= 11 is 0. The number of esters is 1. The van der Waals surface area contributed by atoms with Gasteiger partial charge in [-0.2, -0.15) is 5.26 Å². The van der Waals surface area contributed by atoms with Gasteiger partial charge in [0, 0.05) is 31.3 Å². The summed E-state index contributed by atoms with van der Waals surface area (Å²) < 4.78 is 5.12. The number of benzene rings is 1. The molecule has 3 aliphatic heterocycles. The largest absolute Gasteiger partial charge is 0.457 e. The van der Waals surface area contributed by atoms with Gasteiger partial charge in [0.15, 0.2) is 0 Å². The molecule has 1 atom stereocenters. The summed E-state index contributed by atoms with van der Waals surface area (Å²) in [5.41, 5.74) is 3.62. The molecule has 0 radical (unpaired) electrons. The number of fused-ring (bicyclic) bond motifs is 1. The molecule has 1 unspecified atom stereocenters. The number of carbonyl (C=O) groups excluding carboxylic acids is 2. The van der Waals surface area contributed by atoms with Gasteiger partial charge < -0.3 is 14.7 Å². The summed E-state index contributed by atoms with van der Waals surface area (Å²) in [5, 5.41) is 19.9. The van der Waals surface area contributed by atoms with Crippen molar-refractivity contribution in [2.24, 2.45) is 5.41 Å². The summed E-state index contributed by atoms with van der Waals surface area (Å²) in [6.07, 6.45) is 3.11. The van der Waals surface area contributed by atoms with Crippen molar-refractivity contribution in [2.45, 2.75) is 38.9 Å². The number of hydrogen-bond donors (Lipinski definition) is 1. The number of aromatic nitrogens is 1. The molecule has 8 heteroatoms. The number of aliphatic hydroxyl groups excluding tert-OH is 1. The number of anilines is 1. The number of nitriles is 1. The molecule has 2 aromatic rings. The molecular formula is C25H26N4O4. The van der Waals surface area contributed by atoms with E-state index in [0.29, 0.717) is 36.5 Å². The van der Waals surface area contributed by atoms with Crippen molar-refractivity contribution in [1.82, 2.24) is 9.88 Å². The van der Waals surface area contributed by atoms with E-state index in [1.807, 2.05) is 19.1 Å². The van der Waals surface area contributed by atoms with Crippen LogP contribution in [0.2, 0.25) is 0 Å². The lowest BCUT2D eigenvalue weighted by molar-refractivity contribution is -0.118. The van der Waals surface area contributed by atoms with Crippen molar-refractivity contribution < 1.29 is 19.4 Å². The monoisotopic (exact) mass is 446 g/mol. The Morgan fingerprint density at radius 1 is 1.24 bits per heavy atom. The maximum atomic E-state index is 12.7. The SMILES string of the molecule is Cc1c(C(O)CN2CCC3(CC2)CC(=O)N(c2ccc(C#N)cn2)C3)ccc2c1COC2=O. The van der Waals surface area contributed by atoms with E-state index in [1.165, 1.54) is 6.20 Å². The van der Waals surface area contributed by atoms with Crippen molar-refractivity contribution in [2.75, 3.05) is 31.1 Å². The Kier molecular flexibility index (Phi) is 5.39. The Morgan fingerprint density at radius 3 is 2.73 bits per heavy atom. The minimum absolute atomic E-state index is 0.0741. The standard InChI is InChI=1S/C25H26N4O4/c1-16-18(3-4-19-20(16)14-33-24(19)32)21(30)13-28-8-6-25(7-9-28)10-23(31)29(15-25)22-5-2-17(11-26)12-27-22/h2-5,12,21,30H,6-10,13-15H2,1H3. The third kappa shape index (κ3) is 3.88. The number of piperidine rings is 1. The second-order valence-electron chi connectivity index (χ2n) is 9.37. The van der Waals surface area contributed by atoms with Crippen LogP contribution in [0.1, 0.15) is 58.0 Å². The first-order valence-corrected chi connectivity index (χ1v) is 11.3. The molecule has 5 rings (SSSR count). The Bertz CT molecular complexity index is 1150. The van der Waals surface area contributed by atoms with Gasteiger partial charge in [0.2, 0.25) is 5.91 Å². The molecule has 3 aliphatic rings. The van der Waals surface area contributed by atoms with Crippen LogP contribution in [0.15, 0.2) is 30.5 Å². The van der Waals surface area contributed by atoms with Crippen molar-refractivity contribution in [3.05, 3.63) is 58.3 Å². The van der Waals surface area contributed by atoms with Crippen molar-refractivity contribution >= 4 is 17.7 Å². The van der Waals surface area contributed by atoms with Crippen LogP contribution in [-0.2, 0) is 16.1 Å². The lowest BCUT2D eigenvalue weighted by Crippen LogP contribution is -2.43. The number of nitrogens with zero attached hydrogens (tertiary/aromatic N) is 4. The Labute approximate surface area is 192 Å². The lowest BCUT2D eigenvalue weighted by Gasteiger charge is -2.39. The van der Waals surface area contributed by atoms with Gasteiger partial charge in [0.05, 0.1) is 17.2 Å². The number of cyclic esters (lactones) is 1. The van der Waals surface area contributed by atoms with Crippen LogP contribution in [0.4, 0.5) is 5.82 Å². The fourth-order valence-corrected chi connectivity index (χ4v) is 5.33. The van der Waals surface area contributed by atoms with Crippen molar-refractivity contribution in [3.63, 3.8) is 0 Å². The molecule has 0 aliphatic carbocycles. The average Bonchev–Trinajstić information content (AvgIpc) is 3.36. The Balaban J connectivity index is 1.21. The average molecular weight is 447 g/mol. The molecule has 0 bridgehead atoms. The van der Waals surface area contributed by atoms with Gasteiger partial charge in [-0.3, -0.25) is 9.69 Å². The van der Waals surface area contributed by atoms with E-state index in [2.05, 4.69) is 9.88 Å². The molecule has 1 amide bonds. The highest BCUT2D eigenvalue weighted by Gasteiger charge is 2.45. The molecule has 1 N–H and O–H groups in total. The summed E-state index contributed by atoms with van der Waals surface area (Å²) in [6.45, 7) is 4.97. The molecule has 33 heavy (non-hydrogen) atoms. The molecule has 2 saturated heterocycles. The number of amides is 1. The van der Waals surface area contributed by atoms with E-state index in [-0.39, 0.29) is 23.9 Å². The molecule has 2 fully saturated rings. The van der Waals surface area contributed by atoms with E-state index in [1.54, 1.807) is 23.1 Å². The molecular weight excluding hydrogens is 420 g/mol. The fraction of sp³-hybridized carbons (Fsp3) is 0.440. The highest BCUT2D eigenvalue weighted by Crippen LogP contribution is 2.42. The summed E-state index contributed by atoms with van der Waals surface area (Å²) in [6, 6.07) is 9.05. The highest BCUT2D eigenvalue weighted by molar-refractivity contribution is 5.95. The first-order chi connectivity index (χ1) is 15.9. The minimum atomic E-state index is -0.649. The Morgan fingerprint density at radius 2 is 2.03 bits per heavy atom. The van der Waals surface area contributed by atoms with Crippen LogP contribution in [0.5, 0.6) is 0 Å². The zero-order valence-electron chi connectivity index (χ0n) is 18.6. The van der Waals surface area contributed by atoms with Gasteiger partial charge in [-0.1, -0.05) is 6.07 Å². The minimum Gasteiger partial charge on any atom is -0.457 e. The highest BCUT2D eigenvalue weighted by atomic mass is 16.5. The first-order valence-electron chi connectivity index (χ1n) is 11.3. The van der Waals surface area contributed by atoms with Crippen LogP contribution in [0, 0.1) is 23.7 Å². The van der Waals surface area contributed by atoms with Crippen LogP contribution < -0.4 is 4.90 Å². The maximum absolute atomic E-state index is 12.7. The number of hydrogen-bond acceptors (Lipinski definition) is 7. The number of β-amino-alcohol motifs (C(OH)–C–C–N with tert-alkyl or cyclic N) is 1. The van der Waals surface area contributed by atoms with Crippen LogP contribution in [0.3, 0.4) is 0 Å². The number of ether oxygens (including phenoxy) is 1. The topological polar surface area (TPSA) is 107 Å². The summed E-state index contributed by atoms with van der Waals surface area (Å²) in [4.78, 5) is 32.8. The lowest BCUT2D eigenvalue weighted by atomic mass is 9.77. The van der Waals surface area contributed by atoms with Crippen molar-refractivity contribution in [3.8, 4) is 6.07 Å². The molecule has 1 aromatic heterocycles. The first kappa shape index (κ1) is 21.6. The fourth-order valence-electron chi connectivity index (χ4n) is 5.33. The van der Waals surface area contributed by atoms with Gasteiger partial charge in [0.1, 0.15) is 18.5 Å².